The van der Waals surface area contributed by atoms with Gasteiger partial charge in [0.25, 0.3) is 0 Å². The summed E-state index contributed by atoms with van der Waals surface area (Å²) in [5.41, 5.74) is 5.82. The largest absolute Gasteiger partial charge is 0.326 e. The van der Waals surface area contributed by atoms with Gasteiger partial charge in [-0.1, -0.05) is 34.6 Å². The minimum atomic E-state index is -3.17. The fourth-order valence-electron chi connectivity index (χ4n) is 0.972. The molecule has 0 aromatic heterocycles. The maximum Gasteiger partial charge on any atom is 0.211 e. The molecule has 0 amide bonds. The van der Waals surface area contributed by atoms with Gasteiger partial charge in [0.05, 0.1) is 5.75 Å². The summed E-state index contributed by atoms with van der Waals surface area (Å²) in [4.78, 5) is 0. The number of sulfonamides is 1. The highest BCUT2D eigenvalue weighted by Crippen LogP contribution is 2.18. The van der Waals surface area contributed by atoms with Crippen LogP contribution in [0.4, 0.5) is 0 Å². The quantitative estimate of drug-likeness (QED) is 0.747. The predicted molar refractivity (Wildman–Crippen MR) is 68.7 cm³/mol. The monoisotopic (exact) mass is 250 g/mol. The molecule has 0 saturated carbocycles. The molecule has 1 unspecified atom stereocenters. The smallest absolute Gasteiger partial charge is 0.211 e. The first kappa shape index (κ1) is 15.9. The zero-order chi connectivity index (χ0) is 13.0. The zero-order valence-corrected chi connectivity index (χ0v) is 11.9. The fraction of sp³-hybridized carbons (Fsp3) is 1.00. The predicted octanol–water partition coefficient (Wildman–Crippen LogP) is 1.33. The Labute approximate surface area is 100 Å². The van der Waals surface area contributed by atoms with Crippen LogP contribution in [0.3, 0.4) is 0 Å². The Morgan fingerprint density at radius 2 is 1.75 bits per heavy atom. The Kier molecular flexibility index (Phi) is 5.93. The van der Waals surface area contributed by atoms with Gasteiger partial charge in [0.15, 0.2) is 0 Å². The molecule has 3 N–H and O–H groups in total. The molecule has 0 aromatic carbocycles. The van der Waals surface area contributed by atoms with Gasteiger partial charge >= 0.3 is 0 Å². The SMILES string of the molecule is CC(C)C(N)CNS(=O)(=O)CCC(C)(C)C. The summed E-state index contributed by atoms with van der Waals surface area (Å²) in [6.07, 6.45) is 0.652. The van der Waals surface area contributed by atoms with Gasteiger partial charge in [0, 0.05) is 12.6 Å². The highest BCUT2D eigenvalue weighted by Gasteiger charge is 2.18. The van der Waals surface area contributed by atoms with Gasteiger partial charge in [0.1, 0.15) is 0 Å². The van der Waals surface area contributed by atoms with Crippen LogP contribution in [0.15, 0.2) is 0 Å². The number of hydrogen-bond donors (Lipinski definition) is 2. The maximum atomic E-state index is 11.6. The number of nitrogens with two attached hydrogens (primary N) is 1. The van der Waals surface area contributed by atoms with Crippen molar-refractivity contribution in [3.63, 3.8) is 0 Å². The van der Waals surface area contributed by atoms with E-state index in [-0.39, 0.29) is 23.1 Å². The van der Waals surface area contributed by atoms with Gasteiger partial charge in [-0.15, -0.1) is 0 Å². The van der Waals surface area contributed by atoms with E-state index in [4.69, 9.17) is 5.73 Å². The molecule has 5 heteroatoms. The molecule has 0 aliphatic carbocycles. The fourth-order valence-corrected chi connectivity index (χ4v) is 2.44. The van der Waals surface area contributed by atoms with Gasteiger partial charge in [-0.3, -0.25) is 0 Å². The third kappa shape index (κ3) is 8.07. The van der Waals surface area contributed by atoms with E-state index in [1.807, 2.05) is 34.6 Å². The second-order valence-corrected chi connectivity index (χ2v) is 7.81. The van der Waals surface area contributed by atoms with Crippen molar-refractivity contribution in [1.29, 1.82) is 0 Å². The molecular weight excluding hydrogens is 224 g/mol. The van der Waals surface area contributed by atoms with E-state index in [9.17, 15) is 8.42 Å². The summed E-state index contributed by atoms with van der Waals surface area (Å²) >= 11 is 0. The minimum absolute atomic E-state index is 0.0366. The van der Waals surface area contributed by atoms with Gasteiger partial charge in [-0.05, 0) is 17.8 Å². The minimum Gasteiger partial charge on any atom is -0.326 e. The average Bonchev–Trinajstić information content (AvgIpc) is 2.10. The van der Waals surface area contributed by atoms with E-state index in [0.717, 1.165) is 0 Å². The second-order valence-electron chi connectivity index (χ2n) is 5.89. The van der Waals surface area contributed by atoms with Crippen molar-refractivity contribution in [2.45, 2.75) is 47.1 Å². The van der Waals surface area contributed by atoms with Crippen molar-refractivity contribution in [2.75, 3.05) is 12.3 Å². The van der Waals surface area contributed by atoms with Crippen LogP contribution in [0.1, 0.15) is 41.0 Å². The van der Waals surface area contributed by atoms with Crippen molar-refractivity contribution in [3.8, 4) is 0 Å². The molecule has 0 spiro atoms. The molecule has 0 rings (SSSR count). The van der Waals surface area contributed by atoms with Gasteiger partial charge in [0.2, 0.25) is 10.0 Å². The summed E-state index contributed by atoms with van der Waals surface area (Å²) in [5.74, 6) is 0.451. The van der Waals surface area contributed by atoms with E-state index in [2.05, 4.69) is 4.72 Å². The molecule has 0 saturated heterocycles. The molecule has 0 aliphatic rings. The maximum absolute atomic E-state index is 11.6. The third-order valence-corrected chi connectivity index (χ3v) is 3.86. The van der Waals surface area contributed by atoms with Crippen LogP contribution in [0.25, 0.3) is 0 Å². The van der Waals surface area contributed by atoms with Crippen LogP contribution < -0.4 is 10.5 Å². The van der Waals surface area contributed by atoms with Gasteiger partial charge in [-0.25, -0.2) is 13.1 Å². The summed E-state index contributed by atoms with van der Waals surface area (Å²) in [7, 11) is -3.17. The van der Waals surface area contributed by atoms with E-state index in [0.29, 0.717) is 13.0 Å². The first-order valence-corrected chi connectivity index (χ1v) is 7.42. The van der Waals surface area contributed by atoms with Crippen LogP contribution in [-0.4, -0.2) is 26.8 Å². The Bertz CT molecular complexity index is 292. The van der Waals surface area contributed by atoms with Crippen molar-refractivity contribution >= 4 is 10.0 Å². The molecule has 0 aromatic rings. The Balaban J connectivity index is 4.07. The normalized spacial score (nSPS) is 15.4. The summed E-state index contributed by atoms with van der Waals surface area (Å²) < 4.78 is 25.8. The molecule has 4 nitrogen and oxygen atoms in total. The van der Waals surface area contributed by atoms with E-state index < -0.39 is 10.0 Å². The lowest BCUT2D eigenvalue weighted by atomic mass is 9.94. The Hall–Kier alpha value is -0.130. The van der Waals surface area contributed by atoms with Crippen LogP contribution >= 0.6 is 0 Å². The standard InChI is InChI=1S/C11H26N2O2S/c1-9(2)10(12)8-13-16(14,15)7-6-11(3,4)5/h9-10,13H,6-8,12H2,1-5H3. The zero-order valence-electron chi connectivity index (χ0n) is 11.1. The van der Waals surface area contributed by atoms with Crippen LogP contribution in [0.5, 0.6) is 0 Å². The van der Waals surface area contributed by atoms with E-state index in [1.165, 1.54) is 0 Å². The lowest BCUT2D eigenvalue weighted by Gasteiger charge is -2.19. The second kappa shape index (κ2) is 5.98. The van der Waals surface area contributed by atoms with Gasteiger partial charge in [-0.2, -0.15) is 0 Å². The molecule has 0 bridgehead atoms. The number of hydrogen-bond acceptors (Lipinski definition) is 3. The van der Waals surface area contributed by atoms with Crippen LogP contribution in [0.2, 0.25) is 0 Å². The molecule has 0 fully saturated rings. The van der Waals surface area contributed by atoms with Crippen molar-refractivity contribution in [3.05, 3.63) is 0 Å². The molecule has 0 radical (unpaired) electrons. The van der Waals surface area contributed by atoms with Crippen molar-refractivity contribution in [2.24, 2.45) is 17.1 Å². The van der Waals surface area contributed by atoms with Crippen molar-refractivity contribution in [1.82, 2.24) is 4.72 Å². The number of rotatable bonds is 6. The van der Waals surface area contributed by atoms with Crippen LogP contribution in [0, 0.1) is 11.3 Å². The van der Waals surface area contributed by atoms with Crippen molar-refractivity contribution < 1.29 is 8.42 Å². The molecule has 98 valence electrons. The first-order chi connectivity index (χ1) is 7.03. The first-order valence-electron chi connectivity index (χ1n) is 5.76. The average molecular weight is 250 g/mol. The summed E-state index contributed by atoms with van der Waals surface area (Å²) in [6.45, 7) is 10.4. The summed E-state index contributed by atoms with van der Waals surface area (Å²) in [5, 5.41) is 0. The highest BCUT2D eigenvalue weighted by molar-refractivity contribution is 7.89. The molecule has 1 atom stereocenters. The molecule has 16 heavy (non-hydrogen) atoms. The topological polar surface area (TPSA) is 72.2 Å². The number of nitrogens with one attached hydrogen (secondary N) is 1. The summed E-state index contributed by atoms with van der Waals surface area (Å²) in [6, 6.07) is -0.121. The van der Waals surface area contributed by atoms with Crippen LogP contribution in [-0.2, 0) is 10.0 Å². The molecular formula is C11H26N2O2S. The molecule has 0 aliphatic heterocycles. The third-order valence-electron chi connectivity index (χ3n) is 2.52. The van der Waals surface area contributed by atoms with Gasteiger partial charge < -0.3 is 5.73 Å². The lowest BCUT2D eigenvalue weighted by Crippen LogP contribution is -2.41. The Morgan fingerprint density at radius 3 is 2.12 bits per heavy atom. The Morgan fingerprint density at radius 1 is 1.25 bits per heavy atom. The molecule has 0 heterocycles. The highest BCUT2D eigenvalue weighted by atomic mass is 32.2. The van der Waals surface area contributed by atoms with E-state index in [1.54, 1.807) is 0 Å². The van der Waals surface area contributed by atoms with E-state index >= 15 is 0 Å². The lowest BCUT2D eigenvalue weighted by molar-refractivity contribution is 0.395.